The molecule has 0 amide bonds. The number of thioether (sulfide) groups is 2. The lowest BCUT2D eigenvalue weighted by atomic mass is 10.2. The molecule has 2 aromatic rings. The minimum atomic E-state index is 0.455. The van der Waals surface area contributed by atoms with Crippen molar-refractivity contribution in [3.8, 4) is 0 Å². The van der Waals surface area contributed by atoms with E-state index in [1.807, 2.05) is 23.9 Å². The molecular weight excluding hydrogens is 370 g/mol. The normalized spacial score (nSPS) is 18.8. The summed E-state index contributed by atoms with van der Waals surface area (Å²) >= 11 is 7.13. The first kappa shape index (κ1) is 15.4. The minimum absolute atomic E-state index is 0.455. The highest BCUT2D eigenvalue weighted by atomic mass is 79.9. The minimum Gasteiger partial charge on any atom is -0.339 e. The molecule has 0 saturated carbocycles. The van der Waals surface area contributed by atoms with Gasteiger partial charge in [-0.05, 0) is 24.3 Å². The van der Waals surface area contributed by atoms with Crippen molar-refractivity contribution in [3.63, 3.8) is 0 Å². The lowest BCUT2D eigenvalue weighted by molar-refractivity contribution is 0.359. The smallest absolute Gasteiger partial charge is 0.228 e. The molecule has 1 aliphatic heterocycles. The summed E-state index contributed by atoms with van der Waals surface area (Å²) in [7, 11) is 0. The second kappa shape index (κ2) is 7.67. The Morgan fingerprint density at radius 3 is 3.00 bits per heavy atom. The summed E-state index contributed by atoms with van der Waals surface area (Å²) in [5.74, 6) is 4.54. The predicted molar refractivity (Wildman–Crippen MR) is 90.8 cm³/mol. The van der Waals surface area contributed by atoms with Gasteiger partial charge in [0.25, 0.3) is 0 Å². The Morgan fingerprint density at radius 1 is 1.38 bits per heavy atom. The Morgan fingerprint density at radius 2 is 2.24 bits per heavy atom. The van der Waals surface area contributed by atoms with Crippen LogP contribution in [-0.2, 0) is 12.2 Å². The molecule has 3 rings (SSSR count). The summed E-state index contributed by atoms with van der Waals surface area (Å²) < 4.78 is 6.43. The van der Waals surface area contributed by atoms with Gasteiger partial charge in [0.05, 0.1) is 5.75 Å². The van der Waals surface area contributed by atoms with Crippen LogP contribution in [0, 0.1) is 0 Å². The molecule has 1 aliphatic rings. The largest absolute Gasteiger partial charge is 0.339 e. The van der Waals surface area contributed by atoms with Crippen LogP contribution < -0.4 is 5.32 Å². The second-order valence-electron chi connectivity index (χ2n) is 4.78. The van der Waals surface area contributed by atoms with Crippen LogP contribution >= 0.6 is 39.5 Å². The Balaban J connectivity index is 1.51. The molecule has 1 aromatic heterocycles. The van der Waals surface area contributed by atoms with Crippen molar-refractivity contribution >= 4 is 39.5 Å². The highest BCUT2D eigenvalue weighted by Crippen LogP contribution is 2.23. The highest BCUT2D eigenvalue weighted by Gasteiger charge is 2.17. The van der Waals surface area contributed by atoms with Crippen LogP contribution in [-0.4, -0.2) is 34.2 Å². The summed E-state index contributed by atoms with van der Waals surface area (Å²) in [6.45, 7) is 1.07. The van der Waals surface area contributed by atoms with Gasteiger partial charge in [-0.3, -0.25) is 0 Å². The van der Waals surface area contributed by atoms with Crippen LogP contribution in [0.25, 0.3) is 0 Å². The van der Waals surface area contributed by atoms with Gasteiger partial charge in [-0.25, -0.2) is 0 Å². The van der Waals surface area contributed by atoms with E-state index in [2.05, 4.69) is 43.5 Å². The zero-order valence-electron chi connectivity index (χ0n) is 11.4. The van der Waals surface area contributed by atoms with Gasteiger partial charge >= 0.3 is 0 Å². The fourth-order valence-electron chi connectivity index (χ4n) is 2.07. The number of nitrogens with zero attached hydrogens (tertiary/aromatic N) is 2. The predicted octanol–water partition coefficient (Wildman–Crippen LogP) is 3.37. The first-order valence-electron chi connectivity index (χ1n) is 6.80. The van der Waals surface area contributed by atoms with Gasteiger partial charge in [-0.15, -0.1) is 11.8 Å². The Labute approximate surface area is 141 Å². The van der Waals surface area contributed by atoms with Crippen molar-refractivity contribution in [1.29, 1.82) is 0 Å². The molecule has 2 heterocycles. The fraction of sp³-hybridized carbons (Fsp3) is 0.429. The quantitative estimate of drug-likeness (QED) is 0.796. The van der Waals surface area contributed by atoms with Crippen LogP contribution in [0.5, 0.6) is 0 Å². The highest BCUT2D eigenvalue weighted by molar-refractivity contribution is 9.10. The van der Waals surface area contributed by atoms with Gasteiger partial charge in [-0.2, -0.15) is 16.7 Å². The Bertz CT molecular complexity index is 570. The fourth-order valence-corrected chi connectivity index (χ4v) is 4.03. The van der Waals surface area contributed by atoms with E-state index in [1.54, 1.807) is 11.8 Å². The third-order valence-corrected chi connectivity index (χ3v) is 5.78. The van der Waals surface area contributed by atoms with E-state index in [1.165, 1.54) is 10.6 Å². The number of aromatic nitrogens is 2. The number of hydrogen-bond donors (Lipinski definition) is 1. The molecule has 112 valence electrons. The molecule has 7 heteroatoms. The van der Waals surface area contributed by atoms with E-state index in [0.29, 0.717) is 6.04 Å². The van der Waals surface area contributed by atoms with Gasteiger partial charge in [0.2, 0.25) is 5.89 Å². The lowest BCUT2D eigenvalue weighted by Gasteiger charge is -2.21. The number of nitrogens with one attached hydrogen (secondary N) is 1. The Kier molecular flexibility index (Phi) is 5.62. The molecule has 1 atom stereocenters. The molecule has 0 spiro atoms. The van der Waals surface area contributed by atoms with Crippen molar-refractivity contribution in [2.45, 2.75) is 23.1 Å². The molecule has 0 bridgehead atoms. The summed E-state index contributed by atoms with van der Waals surface area (Å²) in [5, 5.41) is 7.55. The molecule has 1 fully saturated rings. The van der Waals surface area contributed by atoms with Gasteiger partial charge in [0.1, 0.15) is 0 Å². The molecule has 1 N–H and O–H groups in total. The molecule has 1 saturated heterocycles. The summed E-state index contributed by atoms with van der Waals surface area (Å²) in [4.78, 5) is 5.68. The van der Waals surface area contributed by atoms with Gasteiger partial charge in [0, 0.05) is 39.9 Å². The zero-order chi connectivity index (χ0) is 14.5. The SMILES string of the molecule is Brc1ccc(SCc2noc(CC3CSCCN3)n2)cc1. The zero-order valence-corrected chi connectivity index (χ0v) is 14.6. The molecule has 1 aromatic carbocycles. The maximum absolute atomic E-state index is 5.34. The van der Waals surface area contributed by atoms with Crippen molar-refractivity contribution in [1.82, 2.24) is 15.5 Å². The topological polar surface area (TPSA) is 51.0 Å². The van der Waals surface area contributed by atoms with Crippen LogP contribution in [0.1, 0.15) is 11.7 Å². The molecule has 0 radical (unpaired) electrons. The summed E-state index contributed by atoms with van der Waals surface area (Å²) in [6, 6.07) is 8.70. The molecule has 4 nitrogen and oxygen atoms in total. The van der Waals surface area contributed by atoms with Gasteiger partial charge < -0.3 is 9.84 Å². The standard InChI is InChI=1S/C14H16BrN3OS2/c15-10-1-3-12(4-2-10)21-9-13-17-14(19-18-13)7-11-8-20-6-5-16-11/h1-4,11,16H,5-9H2. The summed E-state index contributed by atoms with van der Waals surface area (Å²) in [6.07, 6.45) is 0.822. The molecule has 21 heavy (non-hydrogen) atoms. The lowest BCUT2D eigenvalue weighted by Crippen LogP contribution is -2.38. The van der Waals surface area contributed by atoms with Crippen molar-refractivity contribution in [2.75, 3.05) is 18.1 Å². The maximum Gasteiger partial charge on any atom is 0.228 e. The first-order valence-corrected chi connectivity index (χ1v) is 9.74. The van der Waals surface area contributed by atoms with Crippen molar-refractivity contribution < 1.29 is 4.52 Å². The van der Waals surface area contributed by atoms with Crippen LogP contribution in [0.15, 0.2) is 38.2 Å². The van der Waals surface area contributed by atoms with Crippen LogP contribution in [0.4, 0.5) is 0 Å². The second-order valence-corrected chi connectivity index (χ2v) is 7.89. The van der Waals surface area contributed by atoms with Crippen LogP contribution in [0.3, 0.4) is 0 Å². The van der Waals surface area contributed by atoms with Gasteiger partial charge in [-0.1, -0.05) is 21.1 Å². The maximum atomic E-state index is 5.34. The Hall–Kier alpha value is -0.500. The number of benzene rings is 1. The van der Waals surface area contributed by atoms with E-state index >= 15 is 0 Å². The van der Waals surface area contributed by atoms with E-state index in [9.17, 15) is 0 Å². The average Bonchev–Trinajstić information content (AvgIpc) is 2.95. The molecule has 0 aliphatic carbocycles. The monoisotopic (exact) mass is 385 g/mol. The van der Waals surface area contributed by atoms with Crippen molar-refractivity contribution in [3.05, 3.63) is 40.5 Å². The third-order valence-electron chi connectivity index (χ3n) is 3.11. The molecular formula is C14H16BrN3OS2. The van der Waals surface area contributed by atoms with E-state index in [4.69, 9.17) is 4.52 Å². The number of rotatable bonds is 5. The molecule has 1 unspecified atom stereocenters. The number of halogens is 1. The third kappa shape index (κ3) is 4.74. The van der Waals surface area contributed by atoms with E-state index in [-0.39, 0.29) is 0 Å². The average molecular weight is 386 g/mol. The van der Waals surface area contributed by atoms with E-state index in [0.717, 1.165) is 40.7 Å². The van der Waals surface area contributed by atoms with Gasteiger partial charge in [0.15, 0.2) is 5.82 Å². The number of hydrogen-bond acceptors (Lipinski definition) is 6. The summed E-state index contributed by atoms with van der Waals surface area (Å²) in [5.41, 5.74) is 0. The van der Waals surface area contributed by atoms with Crippen LogP contribution in [0.2, 0.25) is 0 Å². The first-order chi connectivity index (χ1) is 10.3. The van der Waals surface area contributed by atoms with E-state index < -0.39 is 0 Å². The van der Waals surface area contributed by atoms with Crippen molar-refractivity contribution in [2.24, 2.45) is 0 Å².